The molecule has 1 aromatic carbocycles. The highest BCUT2D eigenvalue weighted by Crippen LogP contribution is 2.25. The highest BCUT2D eigenvalue weighted by Gasteiger charge is 2.15. The lowest BCUT2D eigenvalue weighted by atomic mass is 10.2. The van der Waals surface area contributed by atoms with Crippen molar-refractivity contribution < 1.29 is 4.52 Å². The summed E-state index contributed by atoms with van der Waals surface area (Å²) in [6.07, 6.45) is 0. The molecule has 0 radical (unpaired) electrons. The van der Waals surface area contributed by atoms with Crippen molar-refractivity contribution in [1.82, 2.24) is 19.9 Å². The summed E-state index contributed by atoms with van der Waals surface area (Å²) in [5, 5.41) is 8.22. The molecular weight excluding hydrogens is 242 g/mol. The van der Waals surface area contributed by atoms with Crippen molar-refractivity contribution in [2.24, 2.45) is 7.05 Å². The smallest absolute Gasteiger partial charge is 0.276 e. The Morgan fingerprint density at radius 1 is 1.26 bits per heavy atom. The SMILES string of the molecule is Cc1cc(-c2nc(-c3ccccc3N)no2)n(C)n1. The van der Waals surface area contributed by atoms with Crippen molar-refractivity contribution >= 4 is 5.69 Å². The first-order valence-electron chi connectivity index (χ1n) is 5.85. The van der Waals surface area contributed by atoms with E-state index < -0.39 is 0 Å². The number of anilines is 1. The highest BCUT2D eigenvalue weighted by molar-refractivity contribution is 5.71. The molecule has 2 aromatic heterocycles. The third kappa shape index (κ3) is 1.97. The molecule has 0 unspecified atom stereocenters. The Bertz CT molecular complexity index is 728. The summed E-state index contributed by atoms with van der Waals surface area (Å²) in [4.78, 5) is 4.37. The topological polar surface area (TPSA) is 82.8 Å². The van der Waals surface area contributed by atoms with Crippen molar-refractivity contribution in [1.29, 1.82) is 0 Å². The van der Waals surface area contributed by atoms with Crippen molar-refractivity contribution in [2.45, 2.75) is 6.92 Å². The number of nitrogens with zero attached hydrogens (tertiary/aromatic N) is 4. The van der Waals surface area contributed by atoms with Gasteiger partial charge in [0.25, 0.3) is 5.89 Å². The maximum atomic E-state index is 5.90. The lowest BCUT2D eigenvalue weighted by molar-refractivity contribution is 0.428. The van der Waals surface area contributed by atoms with Crippen LogP contribution in [0.2, 0.25) is 0 Å². The van der Waals surface area contributed by atoms with E-state index in [-0.39, 0.29) is 0 Å². The maximum Gasteiger partial charge on any atom is 0.276 e. The largest absolute Gasteiger partial charge is 0.398 e. The van der Waals surface area contributed by atoms with E-state index in [0.717, 1.165) is 17.0 Å². The van der Waals surface area contributed by atoms with Crippen LogP contribution in [0.5, 0.6) is 0 Å². The van der Waals surface area contributed by atoms with Crippen LogP contribution in [-0.2, 0) is 7.05 Å². The Kier molecular flexibility index (Phi) is 2.56. The summed E-state index contributed by atoms with van der Waals surface area (Å²) in [6, 6.07) is 9.31. The molecular formula is C13H13N5O. The molecule has 0 fully saturated rings. The first-order chi connectivity index (χ1) is 9.15. The first-order valence-corrected chi connectivity index (χ1v) is 5.85. The second-order valence-corrected chi connectivity index (χ2v) is 4.30. The Morgan fingerprint density at radius 2 is 2.05 bits per heavy atom. The minimum atomic E-state index is 0.432. The Labute approximate surface area is 109 Å². The minimum absolute atomic E-state index is 0.432. The molecule has 0 bridgehead atoms. The molecule has 96 valence electrons. The molecule has 6 nitrogen and oxygen atoms in total. The van der Waals surface area contributed by atoms with Gasteiger partial charge in [0.2, 0.25) is 5.82 Å². The summed E-state index contributed by atoms with van der Waals surface area (Å²) < 4.78 is 6.99. The fraction of sp³-hybridized carbons (Fsp3) is 0.154. The van der Waals surface area contributed by atoms with E-state index in [9.17, 15) is 0 Å². The summed E-state index contributed by atoms with van der Waals surface area (Å²) in [5.41, 5.74) is 8.96. The Balaban J connectivity index is 2.05. The minimum Gasteiger partial charge on any atom is -0.398 e. The van der Waals surface area contributed by atoms with Gasteiger partial charge in [-0.15, -0.1) is 0 Å². The van der Waals surface area contributed by atoms with Gasteiger partial charge in [0.1, 0.15) is 5.69 Å². The summed E-state index contributed by atoms with van der Waals surface area (Å²) >= 11 is 0. The summed E-state index contributed by atoms with van der Waals surface area (Å²) in [7, 11) is 1.84. The van der Waals surface area contributed by atoms with Gasteiger partial charge in [0.05, 0.1) is 5.69 Å². The quantitative estimate of drug-likeness (QED) is 0.708. The van der Waals surface area contributed by atoms with Crippen LogP contribution in [-0.4, -0.2) is 19.9 Å². The number of hydrogen-bond donors (Lipinski definition) is 1. The molecule has 2 heterocycles. The zero-order valence-corrected chi connectivity index (χ0v) is 10.7. The predicted molar refractivity (Wildman–Crippen MR) is 71.1 cm³/mol. The van der Waals surface area contributed by atoms with Gasteiger partial charge in [-0.1, -0.05) is 17.3 Å². The van der Waals surface area contributed by atoms with Gasteiger partial charge in [-0.3, -0.25) is 4.68 Å². The number of nitrogen functional groups attached to an aromatic ring is 1. The highest BCUT2D eigenvalue weighted by atomic mass is 16.5. The molecule has 0 spiro atoms. The van der Waals surface area contributed by atoms with E-state index in [0.29, 0.717) is 17.4 Å². The van der Waals surface area contributed by atoms with Crippen LogP contribution in [0.1, 0.15) is 5.69 Å². The van der Waals surface area contributed by atoms with Gasteiger partial charge >= 0.3 is 0 Å². The summed E-state index contributed by atoms with van der Waals surface area (Å²) in [5.74, 6) is 0.910. The number of para-hydroxylation sites is 1. The number of nitrogens with two attached hydrogens (primary N) is 1. The second-order valence-electron chi connectivity index (χ2n) is 4.30. The number of hydrogen-bond acceptors (Lipinski definition) is 5. The van der Waals surface area contributed by atoms with Crippen LogP contribution in [0, 0.1) is 6.92 Å². The lowest BCUT2D eigenvalue weighted by Gasteiger charge is -1.98. The van der Waals surface area contributed by atoms with Gasteiger partial charge < -0.3 is 10.3 Å². The third-order valence-corrected chi connectivity index (χ3v) is 2.85. The standard InChI is InChI=1S/C13H13N5O/c1-8-7-11(18(2)16-8)13-15-12(17-19-13)9-5-3-4-6-10(9)14/h3-7H,14H2,1-2H3. The first kappa shape index (κ1) is 11.5. The Hall–Kier alpha value is -2.63. The molecule has 0 aliphatic carbocycles. The molecule has 0 amide bonds. The van der Waals surface area contributed by atoms with Crippen molar-refractivity contribution in [3.8, 4) is 23.0 Å². The van der Waals surface area contributed by atoms with Crippen molar-refractivity contribution in [3.05, 3.63) is 36.0 Å². The van der Waals surface area contributed by atoms with E-state index in [1.165, 1.54) is 0 Å². The monoisotopic (exact) mass is 255 g/mol. The number of aromatic nitrogens is 4. The second kappa shape index (κ2) is 4.24. The van der Waals surface area contributed by atoms with E-state index in [1.54, 1.807) is 10.7 Å². The maximum absolute atomic E-state index is 5.90. The van der Waals surface area contributed by atoms with Crippen LogP contribution in [0.4, 0.5) is 5.69 Å². The molecule has 0 saturated heterocycles. The molecule has 0 aliphatic rings. The number of benzene rings is 1. The van der Waals surface area contributed by atoms with Crippen LogP contribution in [0.25, 0.3) is 23.0 Å². The van der Waals surface area contributed by atoms with E-state index in [1.807, 2.05) is 38.2 Å². The van der Waals surface area contributed by atoms with E-state index in [2.05, 4.69) is 15.2 Å². The van der Waals surface area contributed by atoms with Gasteiger partial charge in [-0.2, -0.15) is 10.1 Å². The van der Waals surface area contributed by atoms with Gasteiger partial charge in [-0.05, 0) is 25.1 Å². The van der Waals surface area contributed by atoms with Gasteiger partial charge in [0, 0.05) is 18.3 Å². The summed E-state index contributed by atoms with van der Waals surface area (Å²) in [6.45, 7) is 1.91. The molecule has 3 aromatic rings. The fourth-order valence-electron chi connectivity index (χ4n) is 1.95. The molecule has 6 heteroatoms. The molecule has 0 aliphatic heterocycles. The van der Waals surface area contributed by atoms with Gasteiger partial charge in [-0.25, -0.2) is 0 Å². The number of rotatable bonds is 2. The van der Waals surface area contributed by atoms with E-state index >= 15 is 0 Å². The number of aryl methyl sites for hydroxylation is 2. The zero-order chi connectivity index (χ0) is 13.4. The van der Waals surface area contributed by atoms with Gasteiger partial charge in [0.15, 0.2) is 0 Å². The normalized spacial score (nSPS) is 10.8. The molecule has 0 atom stereocenters. The molecule has 3 rings (SSSR count). The van der Waals surface area contributed by atoms with Crippen LogP contribution in [0.15, 0.2) is 34.9 Å². The van der Waals surface area contributed by atoms with Crippen molar-refractivity contribution in [2.75, 3.05) is 5.73 Å². The van der Waals surface area contributed by atoms with Crippen LogP contribution < -0.4 is 5.73 Å². The predicted octanol–water partition coefficient (Wildman–Crippen LogP) is 2.03. The molecule has 19 heavy (non-hydrogen) atoms. The lowest BCUT2D eigenvalue weighted by Crippen LogP contribution is -1.94. The average Bonchev–Trinajstić information content (AvgIpc) is 2.96. The molecule has 0 saturated carbocycles. The average molecular weight is 255 g/mol. The van der Waals surface area contributed by atoms with Crippen LogP contribution in [0.3, 0.4) is 0 Å². The fourth-order valence-corrected chi connectivity index (χ4v) is 1.95. The van der Waals surface area contributed by atoms with Crippen LogP contribution >= 0.6 is 0 Å². The third-order valence-electron chi connectivity index (χ3n) is 2.85. The molecule has 2 N–H and O–H groups in total. The van der Waals surface area contributed by atoms with Crippen molar-refractivity contribution in [3.63, 3.8) is 0 Å². The Morgan fingerprint density at radius 3 is 2.74 bits per heavy atom. The zero-order valence-electron chi connectivity index (χ0n) is 10.7. The van der Waals surface area contributed by atoms with E-state index in [4.69, 9.17) is 10.3 Å².